The van der Waals surface area contributed by atoms with Crippen molar-refractivity contribution >= 4 is 30.1 Å². The van der Waals surface area contributed by atoms with Gasteiger partial charge < -0.3 is 4.74 Å². The van der Waals surface area contributed by atoms with E-state index in [4.69, 9.17) is 4.74 Å². The predicted molar refractivity (Wildman–Crippen MR) is 118 cm³/mol. The van der Waals surface area contributed by atoms with Crippen LogP contribution in [0.2, 0.25) is 0 Å². The van der Waals surface area contributed by atoms with E-state index < -0.39 is 11.2 Å². The number of aromatic nitrogens is 2. The van der Waals surface area contributed by atoms with Gasteiger partial charge in [-0.05, 0) is 31.7 Å². The third-order valence-corrected chi connectivity index (χ3v) is 4.25. The van der Waals surface area contributed by atoms with Crippen LogP contribution in [0, 0.1) is 11.2 Å². The number of nitrogens with zero attached hydrogens (tertiary/aromatic N) is 1. The minimum absolute atomic E-state index is 0.207. The number of nitrogens with one attached hydrogen (secondary N) is 1. The normalized spacial score (nSPS) is 10.3. The number of benzene rings is 1. The van der Waals surface area contributed by atoms with Gasteiger partial charge in [0.05, 0.1) is 18.4 Å². The highest BCUT2D eigenvalue weighted by molar-refractivity contribution is 14.2. The van der Waals surface area contributed by atoms with Crippen molar-refractivity contribution in [2.75, 3.05) is 7.11 Å². The summed E-state index contributed by atoms with van der Waals surface area (Å²) in [5.74, 6) is 3.76. The molecular formula is C19H23IN2O3S. The Morgan fingerprint density at radius 1 is 1.23 bits per heavy atom. The van der Waals surface area contributed by atoms with E-state index in [9.17, 15) is 9.59 Å². The maximum absolute atomic E-state index is 12.1. The van der Waals surface area contributed by atoms with Crippen LogP contribution < -0.4 is 16.0 Å². The Balaban J connectivity index is 0.00000163. The van der Waals surface area contributed by atoms with Crippen molar-refractivity contribution < 1.29 is 4.74 Å². The molecular weight excluding hydrogens is 463 g/mol. The van der Waals surface area contributed by atoms with Crippen LogP contribution in [0.4, 0.5) is 0 Å². The standard InChI is InChI=1S/C17H17IN2O3S.C2H6/c1-17(2,3)13-10-12(20-7-5-14(21)19-16(20)22)9-11(6-8-24-18)15(13)23-4;1-2/h5,7,9-10H,1-4H3,(H,19,21,22);1-2H3. The zero-order chi connectivity index (χ0) is 19.9. The molecule has 26 heavy (non-hydrogen) atoms. The second-order valence-corrected chi connectivity index (χ2v) is 7.79. The van der Waals surface area contributed by atoms with Crippen molar-refractivity contribution in [1.29, 1.82) is 0 Å². The summed E-state index contributed by atoms with van der Waals surface area (Å²) < 4.78 is 6.97. The molecule has 2 rings (SSSR count). The molecule has 1 aromatic heterocycles. The average Bonchev–Trinajstić information content (AvgIpc) is 2.60. The van der Waals surface area contributed by atoms with Gasteiger partial charge in [-0.25, -0.2) is 4.79 Å². The van der Waals surface area contributed by atoms with Gasteiger partial charge in [0.25, 0.3) is 5.56 Å². The molecule has 0 amide bonds. The minimum atomic E-state index is -0.491. The van der Waals surface area contributed by atoms with Crippen LogP contribution in [-0.4, -0.2) is 16.7 Å². The molecule has 0 radical (unpaired) electrons. The summed E-state index contributed by atoms with van der Waals surface area (Å²) in [6.07, 6.45) is 1.46. The van der Waals surface area contributed by atoms with Gasteiger partial charge in [0.2, 0.25) is 0 Å². The topological polar surface area (TPSA) is 64.1 Å². The Morgan fingerprint density at radius 2 is 1.88 bits per heavy atom. The van der Waals surface area contributed by atoms with Crippen LogP contribution in [0.5, 0.6) is 5.75 Å². The van der Waals surface area contributed by atoms with Crippen LogP contribution >= 0.6 is 30.1 Å². The first kappa shape index (κ1) is 22.4. The van der Waals surface area contributed by atoms with Crippen LogP contribution in [-0.2, 0) is 5.41 Å². The molecule has 0 atom stereocenters. The zero-order valence-electron chi connectivity index (χ0n) is 15.8. The lowest BCUT2D eigenvalue weighted by molar-refractivity contribution is 0.396. The van der Waals surface area contributed by atoms with Crippen LogP contribution in [0.15, 0.2) is 34.0 Å². The number of methoxy groups -OCH3 is 1. The molecule has 0 aliphatic carbocycles. The number of rotatable bonds is 2. The Labute approximate surface area is 170 Å². The smallest absolute Gasteiger partial charge is 0.332 e. The molecule has 0 spiro atoms. The summed E-state index contributed by atoms with van der Waals surface area (Å²) in [5, 5.41) is 2.95. The Bertz CT molecular complexity index is 931. The highest BCUT2D eigenvalue weighted by atomic mass is 127. The van der Waals surface area contributed by atoms with E-state index in [-0.39, 0.29) is 5.41 Å². The summed E-state index contributed by atoms with van der Waals surface area (Å²) in [7, 11) is 2.98. The third-order valence-electron chi connectivity index (χ3n) is 3.41. The predicted octanol–water partition coefficient (Wildman–Crippen LogP) is 4.25. The summed E-state index contributed by atoms with van der Waals surface area (Å²) in [4.78, 5) is 25.7. The molecule has 0 aliphatic rings. The van der Waals surface area contributed by atoms with E-state index in [2.05, 4.69) is 58.1 Å². The first-order chi connectivity index (χ1) is 12.3. The number of hydrogen-bond donors (Lipinski definition) is 1. The molecule has 0 saturated carbocycles. The average molecular weight is 486 g/mol. The largest absolute Gasteiger partial charge is 0.495 e. The van der Waals surface area contributed by atoms with Crippen molar-refractivity contribution in [2.24, 2.45) is 0 Å². The van der Waals surface area contributed by atoms with E-state index in [0.29, 0.717) is 17.0 Å². The quantitative estimate of drug-likeness (QED) is 0.510. The third kappa shape index (κ3) is 5.42. The van der Waals surface area contributed by atoms with Crippen molar-refractivity contribution in [1.82, 2.24) is 9.55 Å². The lowest BCUT2D eigenvalue weighted by Gasteiger charge is -2.24. The first-order valence-electron chi connectivity index (χ1n) is 8.11. The molecule has 5 nitrogen and oxygen atoms in total. The molecule has 0 aliphatic heterocycles. The maximum atomic E-state index is 12.1. The summed E-state index contributed by atoms with van der Waals surface area (Å²) >= 11 is 2.10. The van der Waals surface area contributed by atoms with E-state index in [1.54, 1.807) is 13.2 Å². The second kappa shape index (κ2) is 9.88. The van der Waals surface area contributed by atoms with Gasteiger partial charge in [0.1, 0.15) is 5.75 Å². The Hall–Kier alpha value is -1.66. The summed E-state index contributed by atoms with van der Waals surface area (Å²) in [5.41, 5.74) is 1.13. The molecule has 0 saturated heterocycles. The number of H-pyrrole nitrogens is 1. The van der Waals surface area contributed by atoms with Gasteiger partial charge in [-0.3, -0.25) is 14.3 Å². The van der Waals surface area contributed by atoms with Crippen LogP contribution in [0.1, 0.15) is 45.7 Å². The van der Waals surface area contributed by atoms with Crippen molar-refractivity contribution in [3.8, 4) is 22.6 Å². The highest BCUT2D eigenvalue weighted by Gasteiger charge is 2.22. The molecule has 1 N–H and O–H groups in total. The fourth-order valence-corrected chi connectivity index (χ4v) is 2.80. The Kier molecular flexibility index (Phi) is 8.50. The number of halogens is 1. The number of aromatic amines is 1. The SMILES string of the molecule is CC.COc1c(C#CSI)cc(-n2ccc(=O)[nH]c2=O)cc1C(C)(C)C. The van der Waals surface area contributed by atoms with Gasteiger partial charge in [0.15, 0.2) is 0 Å². The van der Waals surface area contributed by atoms with Crippen LogP contribution in [0.3, 0.4) is 0 Å². The van der Waals surface area contributed by atoms with E-state index in [0.717, 1.165) is 5.56 Å². The van der Waals surface area contributed by atoms with E-state index in [1.165, 1.54) is 25.8 Å². The van der Waals surface area contributed by atoms with Crippen molar-refractivity contribution in [3.63, 3.8) is 0 Å². The minimum Gasteiger partial charge on any atom is -0.495 e. The Morgan fingerprint density at radius 3 is 2.38 bits per heavy atom. The second-order valence-electron chi connectivity index (χ2n) is 6.11. The van der Waals surface area contributed by atoms with Gasteiger partial charge in [-0.1, -0.05) is 40.5 Å². The molecule has 2 aromatic rings. The molecule has 1 heterocycles. The lowest BCUT2D eigenvalue weighted by Crippen LogP contribution is -2.28. The van der Waals surface area contributed by atoms with Gasteiger partial charge >= 0.3 is 5.69 Å². The molecule has 0 bridgehead atoms. The lowest BCUT2D eigenvalue weighted by atomic mass is 9.84. The van der Waals surface area contributed by atoms with Crippen molar-refractivity contribution in [3.05, 3.63) is 56.4 Å². The van der Waals surface area contributed by atoms with Crippen molar-refractivity contribution in [2.45, 2.75) is 40.0 Å². The summed E-state index contributed by atoms with van der Waals surface area (Å²) in [6.45, 7) is 10.2. The molecule has 1 aromatic carbocycles. The van der Waals surface area contributed by atoms with Gasteiger partial charge in [-0.2, -0.15) is 0 Å². The molecule has 0 unspecified atom stereocenters. The summed E-state index contributed by atoms with van der Waals surface area (Å²) in [6, 6.07) is 4.99. The fraction of sp³-hybridized carbons (Fsp3) is 0.368. The first-order valence-corrected chi connectivity index (χ1v) is 11.5. The number of ether oxygens (including phenoxy) is 1. The fourth-order valence-electron chi connectivity index (χ4n) is 2.32. The molecule has 0 fully saturated rings. The number of hydrogen-bond acceptors (Lipinski definition) is 4. The van der Waals surface area contributed by atoms with E-state index in [1.807, 2.05) is 19.9 Å². The monoisotopic (exact) mass is 486 g/mol. The maximum Gasteiger partial charge on any atom is 0.332 e. The van der Waals surface area contributed by atoms with Crippen LogP contribution in [0.25, 0.3) is 5.69 Å². The zero-order valence-corrected chi connectivity index (χ0v) is 18.7. The van der Waals surface area contributed by atoms with Gasteiger partial charge in [0, 0.05) is 39.0 Å². The molecule has 7 heteroatoms. The van der Waals surface area contributed by atoms with Gasteiger partial charge in [-0.15, -0.1) is 0 Å². The highest BCUT2D eigenvalue weighted by Crippen LogP contribution is 2.35. The van der Waals surface area contributed by atoms with E-state index >= 15 is 0 Å². The molecule has 140 valence electrons.